The first-order chi connectivity index (χ1) is 30.9. The van der Waals surface area contributed by atoms with Gasteiger partial charge in [0.25, 0.3) is 0 Å². The summed E-state index contributed by atoms with van der Waals surface area (Å²) in [7, 11) is 0. The Kier molecular flexibility index (Phi) is 8.80. The first-order valence-corrected chi connectivity index (χ1v) is 22.7. The predicted octanol–water partition coefficient (Wildman–Crippen LogP) is 16.0. The first kappa shape index (κ1) is 37.6. The lowest BCUT2D eigenvalue weighted by Gasteiger charge is -2.36. The van der Waals surface area contributed by atoms with Crippen LogP contribution in [0.25, 0.3) is 89.5 Å². The van der Waals surface area contributed by atoms with Gasteiger partial charge in [-0.2, -0.15) is 0 Å². The SMILES string of the molecule is CC1(C)c2cc(-c3cccc(-c4ccc(-c5cc(-c6ccc(-c7ccccc7)cc6)nc(-c6ccccc6)n5)cc4)c3)ccc2-c2cc3c(cc21)-c1ccccc1C31CCCCC1. The van der Waals surface area contributed by atoms with Gasteiger partial charge in [0.15, 0.2) is 5.82 Å². The maximum Gasteiger partial charge on any atom is 0.160 e. The van der Waals surface area contributed by atoms with Gasteiger partial charge in [0.2, 0.25) is 0 Å². The maximum absolute atomic E-state index is 5.11. The van der Waals surface area contributed by atoms with E-state index >= 15 is 0 Å². The summed E-state index contributed by atoms with van der Waals surface area (Å²) in [6.07, 6.45) is 6.48. The average molecular weight is 809 g/mol. The fourth-order valence-electron chi connectivity index (χ4n) is 11.2. The molecule has 63 heavy (non-hydrogen) atoms. The van der Waals surface area contributed by atoms with E-state index in [0.29, 0.717) is 0 Å². The van der Waals surface area contributed by atoms with Crippen LogP contribution in [0.5, 0.6) is 0 Å². The molecule has 0 amide bonds. The molecule has 0 radical (unpaired) electrons. The van der Waals surface area contributed by atoms with Crippen molar-refractivity contribution < 1.29 is 0 Å². The van der Waals surface area contributed by atoms with Crippen LogP contribution in [-0.4, -0.2) is 9.97 Å². The van der Waals surface area contributed by atoms with Crippen molar-refractivity contribution in [2.45, 2.75) is 56.8 Å². The van der Waals surface area contributed by atoms with Gasteiger partial charge in [-0.15, -0.1) is 0 Å². The Hall–Kier alpha value is -7.16. The maximum atomic E-state index is 5.11. The van der Waals surface area contributed by atoms with Gasteiger partial charge in [-0.25, -0.2) is 9.97 Å². The van der Waals surface area contributed by atoms with Gasteiger partial charge in [-0.3, -0.25) is 0 Å². The third kappa shape index (κ3) is 6.22. The molecule has 302 valence electrons. The van der Waals surface area contributed by atoms with E-state index in [0.717, 1.165) is 33.9 Å². The second kappa shape index (κ2) is 14.7. The van der Waals surface area contributed by atoms with Crippen LogP contribution >= 0.6 is 0 Å². The highest BCUT2D eigenvalue weighted by Gasteiger charge is 2.46. The van der Waals surface area contributed by atoms with E-state index in [1.807, 2.05) is 18.2 Å². The molecule has 0 atom stereocenters. The Labute approximate surface area is 371 Å². The van der Waals surface area contributed by atoms with Gasteiger partial charge in [0.1, 0.15) is 0 Å². The number of benzene rings is 8. The second-order valence-corrected chi connectivity index (χ2v) is 18.4. The Bertz CT molecular complexity index is 3190. The number of fused-ring (bicyclic) bond motifs is 8. The van der Waals surface area contributed by atoms with Crippen molar-refractivity contribution in [3.05, 3.63) is 216 Å². The molecule has 1 heterocycles. The molecule has 3 aliphatic rings. The molecule has 1 aromatic heterocycles. The normalized spacial score (nSPS) is 15.1. The van der Waals surface area contributed by atoms with Crippen molar-refractivity contribution in [2.24, 2.45) is 0 Å². The highest BCUT2D eigenvalue weighted by molar-refractivity contribution is 5.91. The Morgan fingerprint density at radius 2 is 0.778 bits per heavy atom. The third-order valence-corrected chi connectivity index (χ3v) is 14.5. The van der Waals surface area contributed by atoms with Crippen LogP contribution in [0.15, 0.2) is 194 Å². The van der Waals surface area contributed by atoms with Crippen molar-refractivity contribution >= 4 is 0 Å². The van der Waals surface area contributed by atoms with Gasteiger partial charge < -0.3 is 0 Å². The second-order valence-electron chi connectivity index (χ2n) is 18.4. The number of hydrogen-bond donors (Lipinski definition) is 0. The van der Waals surface area contributed by atoms with Gasteiger partial charge >= 0.3 is 0 Å². The summed E-state index contributed by atoms with van der Waals surface area (Å²) >= 11 is 0. The Morgan fingerprint density at radius 1 is 0.317 bits per heavy atom. The van der Waals surface area contributed by atoms with Crippen molar-refractivity contribution in [2.75, 3.05) is 0 Å². The lowest BCUT2D eigenvalue weighted by molar-refractivity contribution is 0.353. The van der Waals surface area contributed by atoms with E-state index in [1.54, 1.807) is 11.1 Å². The smallest absolute Gasteiger partial charge is 0.160 e. The summed E-state index contributed by atoms with van der Waals surface area (Å²) < 4.78 is 0. The van der Waals surface area contributed by atoms with Gasteiger partial charge in [0.05, 0.1) is 11.4 Å². The van der Waals surface area contributed by atoms with Crippen LogP contribution in [0, 0.1) is 0 Å². The molecule has 1 fully saturated rings. The predicted molar refractivity (Wildman–Crippen MR) is 262 cm³/mol. The van der Waals surface area contributed by atoms with E-state index in [4.69, 9.17) is 9.97 Å². The monoisotopic (exact) mass is 808 g/mol. The average Bonchev–Trinajstić information content (AvgIpc) is 3.74. The van der Waals surface area contributed by atoms with Crippen LogP contribution in [0.1, 0.15) is 68.2 Å². The third-order valence-electron chi connectivity index (χ3n) is 14.5. The molecule has 2 heteroatoms. The molecule has 1 spiro atoms. The van der Waals surface area contributed by atoms with Gasteiger partial charge in [-0.05, 0) is 121 Å². The van der Waals surface area contributed by atoms with Crippen molar-refractivity contribution in [1.82, 2.24) is 9.97 Å². The zero-order valence-corrected chi connectivity index (χ0v) is 35.9. The van der Waals surface area contributed by atoms with E-state index in [9.17, 15) is 0 Å². The van der Waals surface area contributed by atoms with Crippen molar-refractivity contribution in [1.29, 1.82) is 0 Å². The first-order valence-electron chi connectivity index (χ1n) is 22.7. The molecule has 2 nitrogen and oxygen atoms in total. The van der Waals surface area contributed by atoms with Crippen molar-refractivity contribution in [3.8, 4) is 89.5 Å². The highest BCUT2D eigenvalue weighted by Crippen LogP contribution is 2.60. The van der Waals surface area contributed by atoms with Crippen LogP contribution in [-0.2, 0) is 10.8 Å². The van der Waals surface area contributed by atoms with E-state index < -0.39 is 0 Å². The highest BCUT2D eigenvalue weighted by atomic mass is 14.9. The van der Waals surface area contributed by atoms with E-state index in [1.165, 1.54) is 98.9 Å². The summed E-state index contributed by atoms with van der Waals surface area (Å²) in [6, 6.07) is 71.1. The molecule has 1 saturated carbocycles. The fourth-order valence-corrected chi connectivity index (χ4v) is 11.2. The minimum atomic E-state index is -0.104. The van der Waals surface area contributed by atoms with Crippen LogP contribution < -0.4 is 0 Å². The fraction of sp³-hybridized carbons (Fsp3) is 0.148. The quantitative estimate of drug-likeness (QED) is 0.167. The van der Waals surface area contributed by atoms with E-state index in [2.05, 4.69) is 190 Å². The standard InChI is InChI=1S/C61H48N2/c1-60(2)54-36-48(31-32-50(54)51-38-56-52(37-55(51)60)49-21-10-11-22-53(49)61(56)33-12-5-13-34-61)47-20-14-19-46(35-47)42-25-29-44(30-26-42)58-39-57(62-59(63-58)45-17-8-4-9-18-45)43-27-23-41(24-28-43)40-15-6-3-7-16-40/h3-4,6-11,14-32,35-39H,5,12-13,33-34H2,1-2H3. The summed E-state index contributed by atoms with van der Waals surface area (Å²) in [5.41, 5.74) is 24.0. The molecule has 0 aliphatic heterocycles. The minimum absolute atomic E-state index is 0.104. The van der Waals surface area contributed by atoms with E-state index in [-0.39, 0.29) is 10.8 Å². The lowest BCUT2D eigenvalue weighted by Crippen LogP contribution is -2.28. The van der Waals surface area contributed by atoms with Crippen LogP contribution in [0.2, 0.25) is 0 Å². The van der Waals surface area contributed by atoms with Gasteiger partial charge in [-0.1, -0.05) is 197 Å². The molecule has 3 aliphatic carbocycles. The molecule has 9 aromatic rings. The lowest BCUT2D eigenvalue weighted by atomic mass is 9.67. The molecule has 0 saturated heterocycles. The molecule has 0 N–H and O–H groups in total. The molecule has 8 aromatic carbocycles. The topological polar surface area (TPSA) is 25.8 Å². The number of hydrogen-bond acceptors (Lipinski definition) is 2. The zero-order chi connectivity index (χ0) is 42.1. The van der Waals surface area contributed by atoms with Crippen molar-refractivity contribution in [3.63, 3.8) is 0 Å². The summed E-state index contributed by atoms with van der Waals surface area (Å²) in [6.45, 7) is 4.85. The van der Waals surface area contributed by atoms with Gasteiger partial charge in [0, 0.05) is 27.5 Å². The number of rotatable bonds is 6. The summed E-state index contributed by atoms with van der Waals surface area (Å²) in [5, 5.41) is 0. The number of nitrogens with zero attached hydrogens (tertiary/aromatic N) is 2. The largest absolute Gasteiger partial charge is 0.228 e. The Morgan fingerprint density at radius 3 is 1.46 bits per heavy atom. The van der Waals surface area contributed by atoms with Crippen LogP contribution in [0.3, 0.4) is 0 Å². The molecule has 0 bridgehead atoms. The molecule has 0 unspecified atom stereocenters. The zero-order valence-electron chi connectivity index (χ0n) is 35.9. The van der Waals surface area contributed by atoms with Crippen LogP contribution in [0.4, 0.5) is 0 Å². The molecular weight excluding hydrogens is 761 g/mol. The minimum Gasteiger partial charge on any atom is -0.228 e. The molecule has 12 rings (SSSR count). The molecular formula is C61H48N2. The Balaban J connectivity index is 0.859. The number of aromatic nitrogens is 2. The summed E-state index contributed by atoms with van der Waals surface area (Å²) in [4.78, 5) is 10.2. The summed E-state index contributed by atoms with van der Waals surface area (Å²) in [5.74, 6) is 0.718.